The summed E-state index contributed by atoms with van der Waals surface area (Å²) in [5, 5.41) is 5.22. The monoisotopic (exact) mass is 331 g/mol. The largest absolute Gasteiger partial charge is 0.330 e. The standard InChI is InChI=1S/C13H21N5OS.ClH/c1-9-5-11(19)18-12(15-9)20-10(16-18)6-17(4)8-13(2,3)7-14;/h5H,6-8,14H2,1-4H3;1H. The molecule has 2 heterocycles. The molecule has 0 fully saturated rings. The molecule has 2 aromatic rings. The van der Waals surface area contributed by atoms with Crippen molar-refractivity contribution in [2.75, 3.05) is 20.1 Å². The van der Waals surface area contributed by atoms with Crippen LogP contribution in [0.25, 0.3) is 4.96 Å². The zero-order valence-corrected chi connectivity index (χ0v) is 14.4. The SMILES string of the molecule is Cc1cc(=O)n2nc(CN(C)CC(C)(C)CN)sc2n1.Cl. The Morgan fingerprint density at radius 1 is 1.48 bits per heavy atom. The average molecular weight is 332 g/mol. The van der Waals surface area contributed by atoms with Gasteiger partial charge in [0.05, 0.1) is 6.54 Å². The van der Waals surface area contributed by atoms with Crippen LogP contribution < -0.4 is 11.3 Å². The van der Waals surface area contributed by atoms with Crippen molar-refractivity contribution < 1.29 is 0 Å². The molecule has 0 saturated heterocycles. The van der Waals surface area contributed by atoms with E-state index in [9.17, 15) is 4.79 Å². The third kappa shape index (κ3) is 4.47. The molecule has 8 heteroatoms. The highest BCUT2D eigenvalue weighted by Crippen LogP contribution is 2.17. The smallest absolute Gasteiger partial charge is 0.275 e. The summed E-state index contributed by atoms with van der Waals surface area (Å²) in [6.07, 6.45) is 0. The van der Waals surface area contributed by atoms with Gasteiger partial charge in [0.15, 0.2) is 0 Å². The molecule has 21 heavy (non-hydrogen) atoms. The number of nitrogens with zero attached hydrogens (tertiary/aromatic N) is 4. The minimum absolute atomic E-state index is 0. The Hall–Kier alpha value is -1.02. The van der Waals surface area contributed by atoms with Gasteiger partial charge in [0.2, 0.25) is 4.96 Å². The molecule has 0 aliphatic carbocycles. The second-order valence-corrected chi connectivity index (χ2v) is 7.01. The van der Waals surface area contributed by atoms with E-state index in [0.717, 1.165) is 17.2 Å². The lowest BCUT2D eigenvalue weighted by atomic mass is 9.93. The molecule has 2 rings (SSSR count). The highest BCUT2D eigenvalue weighted by atomic mass is 35.5. The van der Waals surface area contributed by atoms with Crippen molar-refractivity contribution in [2.24, 2.45) is 11.1 Å². The van der Waals surface area contributed by atoms with Crippen molar-refractivity contribution >= 4 is 28.7 Å². The number of nitrogens with two attached hydrogens (primary N) is 1. The van der Waals surface area contributed by atoms with Crippen LogP contribution >= 0.6 is 23.7 Å². The molecule has 0 spiro atoms. The van der Waals surface area contributed by atoms with Crippen molar-refractivity contribution in [3.8, 4) is 0 Å². The number of fused-ring (bicyclic) bond motifs is 1. The van der Waals surface area contributed by atoms with Crippen LogP contribution in [-0.4, -0.2) is 39.6 Å². The van der Waals surface area contributed by atoms with Gasteiger partial charge >= 0.3 is 0 Å². The van der Waals surface area contributed by atoms with E-state index >= 15 is 0 Å². The van der Waals surface area contributed by atoms with Gasteiger partial charge in [-0.2, -0.15) is 9.61 Å². The summed E-state index contributed by atoms with van der Waals surface area (Å²) >= 11 is 1.46. The Balaban J connectivity index is 0.00000220. The molecule has 2 N–H and O–H groups in total. The Morgan fingerprint density at radius 3 is 2.76 bits per heavy atom. The number of rotatable bonds is 5. The number of aromatic nitrogens is 3. The highest BCUT2D eigenvalue weighted by Gasteiger charge is 2.19. The second-order valence-electron chi connectivity index (χ2n) is 5.97. The van der Waals surface area contributed by atoms with E-state index in [2.05, 4.69) is 28.8 Å². The van der Waals surface area contributed by atoms with Crippen LogP contribution in [0, 0.1) is 12.3 Å². The van der Waals surface area contributed by atoms with Crippen LogP contribution in [0.1, 0.15) is 24.5 Å². The summed E-state index contributed by atoms with van der Waals surface area (Å²) in [7, 11) is 2.03. The average Bonchev–Trinajstić information content (AvgIpc) is 2.70. The third-order valence-corrected chi connectivity index (χ3v) is 3.96. The zero-order valence-electron chi connectivity index (χ0n) is 12.8. The fraction of sp³-hybridized carbons (Fsp3) is 0.615. The van der Waals surface area contributed by atoms with Gasteiger partial charge in [-0.1, -0.05) is 25.2 Å². The Kier molecular flexibility index (Phi) is 5.86. The minimum atomic E-state index is -0.125. The van der Waals surface area contributed by atoms with Gasteiger partial charge in [-0.3, -0.25) is 9.69 Å². The summed E-state index contributed by atoms with van der Waals surface area (Å²) < 4.78 is 1.37. The van der Waals surface area contributed by atoms with Crippen LogP contribution in [-0.2, 0) is 6.54 Å². The van der Waals surface area contributed by atoms with E-state index in [4.69, 9.17) is 5.73 Å². The van der Waals surface area contributed by atoms with Gasteiger partial charge < -0.3 is 5.73 Å². The molecule has 118 valence electrons. The van der Waals surface area contributed by atoms with E-state index < -0.39 is 0 Å². The molecule has 0 aromatic carbocycles. The molecule has 0 bridgehead atoms. The molecule has 2 aromatic heterocycles. The van der Waals surface area contributed by atoms with Gasteiger partial charge in [0.1, 0.15) is 5.01 Å². The number of hydrogen-bond donors (Lipinski definition) is 1. The second kappa shape index (κ2) is 6.83. The molecule has 6 nitrogen and oxygen atoms in total. The normalized spacial score (nSPS) is 11.9. The van der Waals surface area contributed by atoms with Crippen LogP contribution in [0.4, 0.5) is 0 Å². The van der Waals surface area contributed by atoms with E-state index in [-0.39, 0.29) is 23.4 Å². The fourth-order valence-corrected chi connectivity index (χ4v) is 3.13. The molecular formula is C13H22ClN5OS. The molecule has 0 saturated carbocycles. The van der Waals surface area contributed by atoms with Gasteiger partial charge in [-0.15, -0.1) is 12.4 Å². The van der Waals surface area contributed by atoms with Gasteiger partial charge in [-0.05, 0) is 25.9 Å². The number of aryl methyl sites for hydroxylation is 1. The van der Waals surface area contributed by atoms with Crippen LogP contribution in [0.2, 0.25) is 0 Å². The summed E-state index contributed by atoms with van der Waals surface area (Å²) in [5.41, 5.74) is 6.42. The van der Waals surface area contributed by atoms with E-state index in [0.29, 0.717) is 18.1 Å². The predicted octanol–water partition coefficient (Wildman–Crippen LogP) is 1.30. The van der Waals surface area contributed by atoms with Crippen molar-refractivity contribution in [3.63, 3.8) is 0 Å². The number of halogens is 1. The predicted molar refractivity (Wildman–Crippen MR) is 88.3 cm³/mol. The maximum atomic E-state index is 11.8. The van der Waals surface area contributed by atoms with Crippen LogP contribution in [0.3, 0.4) is 0 Å². The summed E-state index contributed by atoms with van der Waals surface area (Å²) in [4.78, 5) is 19.0. The molecular weight excluding hydrogens is 310 g/mol. The first-order valence-electron chi connectivity index (χ1n) is 6.56. The first-order chi connectivity index (χ1) is 9.30. The topological polar surface area (TPSA) is 76.5 Å². The van der Waals surface area contributed by atoms with Gasteiger partial charge in [-0.25, -0.2) is 4.98 Å². The molecule has 0 aliphatic rings. The van der Waals surface area contributed by atoms with Gasteiger partial charge in [0, 0.05) is 18.3 Å². The van der Waals surface area contributed by atoms with Crippen molar-refractivity contribution in [3.05, 3.63) is 27.1 Å². The maximum absolute atomic E-state index is 11.8. The molecule has 0 aliphatic heterocycles. The van der Waals surface area contributed by atoms with E-state index in [1.165, 1.54) is 21.9 Å². The number of hydrogen-bond acceptors (Lipinski definition) is 6. The summed E-state index contributed by atoms with van der Waals surface area (Å²) in [5.74, 6) is 0. The van der Waals surface area contributed by atoms with E-state index in [1.807, 2.05) is 14.0 Å². The lowest BCUT2D eigenvalue weighted by molar-refractivity contribution is 0.209. The van der Waals surface area contributed by atoms with Gasteiger partial charge in [0.25, 0.3) is 5.56 Å². The van der Waals surface area contributed by atoms with E-state index in [1.54, 1.807) is 0 Å². The molecule has 0 atom stereocenters. The zero-order chi connectivity index (χ0) is 14.9. The third-order valence-electron chi connectivity index (χ3n) is 3.07. The lowest BCUT2D eigenvalue weighted by Gasteiger charge is -2.28. The summed E-state index contributed by atoms with van der Waals surface area (Å²) in [6, 6.07) is 1.50. The summed E-state index contributed by atoms with van der Waals surface area (Å²) in [6.45, 7) is 8.29. The Bertz CT molecular complexity index is 666. The first kappa shape index (κ1) is 18.0. The quantitative estimate of drug-likeness (QED) is 0.893. The van der Waals surface area contributed by atoms with Crippen LogP contribution in [0.5, 0.6) is 0 Å². The maximum Gasteiger partial charge on any atom is 0.275 e. The van der Waals surface area contributed by atoms with Crippen molar-refractivity contribution in [1.82, 2.24) is 19.5 Å². The first-order valence-corrected chi connectivity index (χ1v) is 7.37. The van der Waals surface area contributed by atoms with Crippen molar-refractivity contribution in [2.45, 2.75) is 27.3 Å². The Morgan fingerprint density at radius 2 is 2.14 bits per heavy atom. The Labute approximate surface area is 134 Å². The lowest BCUT2D eigenvalue weighted by Crippen LogP contribution is -2.36. The van der Waals surface area contributed by atoms with Crippen LogP contribution in [0.15, 0.2) is 10.9 Å². The molecule has 0 radical (unpaired) electrons. The molecule has 0 unspecified atom stereocenters. The highest BCUT2D eigenvalue weighted by molar-refractivity contribution is 7.16. The fourth-order valence-electron chi connectivity index (χ4n) is 2.11. The van der Waals surface area contributed by atoms with Crippen molar-refractivity contribution in [1.29, 1.82) is 0 Å². The minimum Gasteiger partial charge on any atom is -0.330 e. The molecule has 0 amide bonds.